The minimum Gasteiger partial charge on any atom is -0.497 e. The number of fused-ring (bicyclic) bond motifs is 1. The molecule has 0 saturated heterocycles. The van der Waals surface area contributed by atoms with Crippen molar-refractivity contribution in [2.45, 2.75) is 6.61 Å². The Bertz CT molecular complexity index is 1230. The first kappa shape index (κ1) is 21.8. The van der Waals surface area contributed by atoms with Crippen molar-refractivity contribution in [3.8, 4) is 11.5 Å². The van der Waals surface area contributed by atoms with Crippen LogP contribution in [0.25, 0.3) is 6.08 Å². The summed E-state index contributed by atoms with van der Waals surface area (Å²) in [7, 11) is 1.59. The van der Waals surface area contributed by atoms with Gasteiger partial charge < -0.3 is 19.5 Å². The molecule has 1 heterocycles. The van der Waals surface area contributed by atoms with Crippen LogP contribution in [0.5, 0.6) is 11.5 Å². The first-order chi connectivity index (χ1) is 16.0. The third-order valence-corrected chi connectivity index (χ3v) is 5.00. The summed E-state index contributed by atoms with van der Waals surface area (Å²) in [4.78, 5) is 36.1. The molecule has 0 aliphatic carbocycles. The summed E-state index contributed by atoms with van der Waals surface area (Å²) in [6.07, 6.45) is 3.22. The van der Waals surface area contributed by atoms with Crippen molar-refractivity contribution < 1.29 is 28.6 Å². The molecule has 0 bridgehead atoms. The lowest BCUT2D eigenvalue weighted by Crippen LogP contribution is -2.20. The smallest absolute Gasteiger partial charge is 0.338 e. The quantitative estimate of drug-likeness (QED) is 0.318. The van der Waals surface area contributed by atoms with Gasteiger partial charge in [-0.05, 0) is 66.2 Å². The zero-order valence-corrected chi connectivity index (χ0v) is 17.9. The van der Waals surface area contributed by atoms with Gasteiger partial charge in [0, 0.05) is 16.8 Å². The summed E-state index contributed by atoms with van der Waals surface area (Å²) >= 11 is 0. The molecule has 0 saturated carbocycles. The number of ketones is 1. The predicted octanol–water partition coefficient (Wildman–Crippen LogP) is 4.28. The molecule has 0 spiro atoms. The highest BCUT2D eigenvalue weighted by Gasteiger charge is 2.21. The van der Waals surface area contributed by atoms with Gasteiger partial charge in [0.05, 0.1) is 12.7 Å². The van der Waals surface area contributed by atoms with Gasteiger partial charge in [-0.2, -0.15) is 0 Å². The average Bonchev–Trinajstić information content (AvgIpc) is 3.21. The molecular formula is C26H21NO6. The molecule has 3 aromatic carbocycles. The molecule has 0 aromatic heterocycles. The van der Waals surface area contributed by atoms with E-state index in [1.165, 1.54) is 6.08 Å². The fourth-order valence-corrected chi connectivity index (χ4v) is 3.29. The Labute approximate surface area is 190 Å². The molecule has 3 aromatic rings. The van der Waals surface area contributed by atoms with Gasteiger partial charge in [0.25, 0.3) is 5.91 Å². The maximum absolute atomic E-state index is 12.4. The van der Waals surface area contributed by atoms with Crippen LogP contribution in [-0.2, 0) is 16.1 Å². The molecule has 0 fully saturated rings. The number of rotatable bonds is 8. The molecule has 1 aliphatic rings. The average molecular weight is 443 g/mol. The number of carbonyl (C=O) groups excluding carboxylic acids is 3. The normalized spacial score (nSPS) is 12.2. The van der Waals surface area contributed by atoms with Crippen molar-refractivity contribution in [2.24, 2.45) is 0 Å². The van der Waals surface area contributed by atoms with Crippen molar-refractivity contribution in [3.05, 3.63) is 95.1 Å². The van der Waals surface area contributed by atoms with E-state index in [0.29, 0.717) is 22.6 Å². The Morgan fingerprint density at radius 2 is 1.85 bits per heavy atom. The van der Waals surface area contributed by atoms with E-state index < -0.39 is 0 Å². The maximum atomic E-state index is 12.4. The Kier molecular flexibility index (Phi) is 6.50. The van der Waals surface area contributed by atoms with Crippen LogP contribution in [0.4, 0.5) is 5.69 Å². The minimum absolute atomic E-state index is 0.152. The summed E-state index contributed by atoms with van der Waals surface area (Å²) in [5.74, 6) is 0.327. The third kappa shape index (κ3) is 5.46. The van der Waals surface area contributed by atoms with Crippen molar-refractivity contribution in [3.63, 3.8) is 0 Å². The Morgan fingerprint density at radius 3 is 2.64 bits per heavy atom. The molecule has 7 nitrogen and oxygen atoms in total. The van der Waals surface area contributed by atoms with Crippen molar-refractivity contribution in [1.29, 1.82) is 0 Å². The summed E-state index contributed by atoms with van der Waals surface area (Å²) in [5.41, 5.74) is 3.16. The van der Waals surface area contributed by atoms with Gasteiger partial charge in [-0.1, -0.05) is 18.2 Å². The fourth-order valence-electron chi connectivity index (χ4n) is 3.29. The number of esters is 1. The second kappa shape index (κ2) is 9.82. The highest BCUT2D eigenvalue weighted by atomic mass is 16.5. The van der Waals surface area contributed by atoms with Gasteiger partial charge in [0.1, 0.15) is 18.1 Å². The predicted molar refractivity (Wildman–Crippen MR) is 122 cm³/mol. The van der Waals surface area contributed by atoms with Gasteiger partial charge in [-0.3, -0.25) is 9.59 Å². The lowest BCUT2D eigenvalue weighted by Gasteiger charge is -2.08. The third-order valence-electron chi connectivity index (χ3n) is 5.00. The number of amides is 1. The molecule has 33 heavy (non-hydrogen) atoms. The van der Waals surface area contributed by atoms with Crippen LogP contribution in [0.3, 0.4) is 0 Å². The maximum Gasteiger partial charge on any atom is 0.338 e. The zero-order chi connectivity index (χ0) is 23.2. The molecule has 0 atom stereocenters. The number of ether oxygens (including phenoxy) is 3. The number of methoxy groups -OCH3 is 1. The molecule has 4 rings (SSSR count). The number of benzene rings is 3. The van der Waals surface area contributed by atoms with Gasteiger partial charge >= 0.3 is 5.97 Å². The first-order valence-corrected chi connectivity index (χ1v) is 10.2. The van der Waals surface area contributed by atoms with E-state index in [-0.39, 0.29) is 30.9 Å². The summed E-state index contributed by atoms with van der Waals surface area (Å²) < 4.78 is 15.6. The van der Waals surface area contributed by atoms with Gasteiger partial charge in [0.2, 0.25) is 0 Å². The summed E-state index contributed by atoms with van der Waals surface area (Å²) in [6.45, 7) is 0.00370. The topological polar surface area (TPSA) is 90.9 Å². The van der Waals surface area contributed by atoms with Gasteiger partial charge in [-0.15, -0.1) is 0 Å². The monoisotopic (exact) mass is 443 g/mol. The zero-order valence-electron chi connectivity index (χ0n) is 17.9. The van der Waals surface area contributed by atoms with Crippen LogP contribution in [0.15, 0.2) is 72.8 Å². The van der Waals surface area contributed by atoms with Crippen molar-refractivity contribution >= 4 is 29.4 Å². The molecule has 1 N–H and O–H groups in total. The highest BCUT2D eigenvalue weighted by molar-refractivity contribution is 6.06. The number of hydrogen-bond donors (Lipinski definition) is 1. The van der Waals surface area contributed by atoms with Crippen LogP contribution in [0.1, 0.15) is 31.8 Å². The number of hydrogen-bond acceptors (Lipinski definition) is 6. The number of anilines is 1. The molecule has 1 aliphatic heterocycles. The Balaban J connectivity index is 1.29. The summed E-state index contributed by atoms with van der Waals surface area (Å²) in [5, 5.41) is 2.72. The minimum atomic E-state index is -0.357. The van der Waals surface area contributed by atoms with Crippen LogP contribution >= 0.6 is 0 Å². The van der Waals surface area contributed by atoms with E-state index >= 15 is 0 Å². The van der Waals surface area contributed by atoms with Crippen molar-refractivity contribution in [2.75, 3.05) is 19.0 Å². The second-order valence-corrected chi connectivity index (χ2v) is 7.28. The number of cyclic esters (lactones) is 1. The van der Waals surface area contributed by atoms with Crippen LogP contribution < -0.4 is 14.8 Å². The molecule has 7 heteroatoms. The van der Waals surface area contributed by atoms with Crippen LogP contribution in [-0.4, -0.2) is 31.4 Å². The number of nitrogens with one attached hydrogen (secondary N) is 1. The fraction of sp³-hybridized carbons (Fsp3) is 0.115. The second-order valence-electron chi connectivity index (χ2n) is 7.28. The van der Waals surface area contributed by atoms with E-state index in [9.17, 15) is 14.4 Å². The molecule has 0 radical (unpaired) electrons. The van der Waals surface area contributed by atoms with Crippen LogP contribution in [0.2, 0.25) is 0 Å². The van der Waals surface area contributed by atoms with E-state index in [4.69, 9.17) is 14.2 Å². The van der Waals surface area contributed by atoms with Crippen LogP contribution in [0, 0.1) is 0 Å². The standard InChI is InChI=1S/C26H21NO6/c1-31-22-4-2-3-17(13-22)5-12-24(28)18-6-9-21(10-7-18)32-16-25(29)27-20-8-11-23-19(14-20)15-33-26(23)30/h2-14H,15-16H2,1H3,(H,27,29)/b12-5+. The highest BCUT2D eigenvalue weighted by Crippen LogP contribution is 2.23. The Morgan fingerprint density at radius 1 is 1.03 bits per heavy atom. The lowest BCUT2D eigenvalue weighted by molar-refractivity contribution is -0.118. The molecule has 1 amide bonds. The van der Waals surface area contributed by atoms with E-state index in [0.717, 1.165) is 16.9 Å². The van der Waals surface area contributed by atoms with Gasteiger partial charge in [-0.25, -0.2) is 4.79 Å². The lowest BCUT2D eigenvalue weighted by atomic mass is 10.1. The molecule has 0 unspecified atom stereocenters. The van der Waals surface area contributed by atoms with Gasteiger partial charge in [0.15, 0.2) is 12.4 Å². The number of carbonyl (C=O) groups is 3. The Hall–Kier alpha value is -4.39. The number of allylic oxidation sites excluding steroid dienone is 1. The van der Waals surface area contributed by atoms with E-state index in [1.807, 2.05) is 24.3 Å². The first-order valence-electron chi connectivity index (χ1n) is 10.2. The summed E-state index contributed by atoms with van der Waals surface area (Å²) in [6, 6.07) is 18.9. The SMILES string of the molecule is COc1cccc(/C=C/C(=O)c2ccc(OCC(=O)Nc3ccc4c(c3)COC4=O)cc2)c1. The van der Waals surface area contributed by atoms with Crippen molar-refractivity contribution in [1.82, 2.24) is 0 Å². The molecule has 166 valence electrons. The molecular weight excluding hydrogens is 422 g/mol. The largest absolute Gasteiger partial charge is 0.497 e. The van der Waals surface area contributed by atoms with E-state index in [2.05, 4.69) is 5.32 Å². The van der Waals surface area contributed by atoms with E-state index in [1.54, 1.807) is 55.7 Å².